The number of unbranched alkanes of at least 4 members (excludes halogenated alkanes) is 1. The van der Waals surface area contributed by atoms with Crippen molar-refractivity contribution >= 4 is 33.0 Å². The normalized spacial score (nSPS) is 11.9. The summed E-state index contributed by atoms with van der Waals surface area (Å²) in [7, 11) is -3.83. The van der Waals surface area contributed by atoms with Gasteiger partial charge >= 0.3 is 0 Å². The predicted octanol–water partition coefficient (Wildman–Crippen LogP) is 3.60. The van der Waals surface area contributed by atoms with Crippen LogP contribution in [0.25, 0.3) is 10.9 Å². The Balaban J connectivity index is 1.97. The molecule has 3 rings (SSSR count). The number of nitrogens with two attached hydrogens (primary N) is 1. The van der Waals surface area contributed by atoms with Crippen molar-refractivity contribution < 1.29 is 17.7 Å². The Morgan fingerprint density at radius 1 is 1.14 bits per heavy atom. The maximum Gasteiger partial charge on any atom is 0.269 e. The number of nitrogens with zero attached hydrogens (tertiary/aromatic N) is 1. The molecule has 0 amide bonds. The van der Waals surface area contributed by atoms with Gasteiger partial charge in [0.25, 0.3) is 10.0 Å². The molecule has 7 nitrogen and oxygen atoms in total. The smallest absolute Gasteiger partial charge is 0.269 e. The lowest BCUT2D eigenvalue weighted by atomic mass is 10.2. The number of rotatable bonds is 10. The summed E-state index contributed by atoms with van der Waals surface area (Å²) in [5.74, 6) is 0. The molecule has 0 aliphatic heterocycles. The van der Waals surface area contributed by atoms with E-state index in [9.17, 15) is 8.42 Å². The average Bonchev–Trinajstić information content (AvgIpc) is 3.09. The van der Waals surface area contributed by atoms with Gasteiger partial charge in [0, 0.05) is 18.5 Å². The first-order chi connectivity index (χ1) is 13.6. The first kappa shape index (κ1) is 20.8. The number of benzene rings is 2. The zero-order chi connectivity index (χ0) is 20.0. The summed E-state index contributed by atoms with van der Waals surface area (Å²) in [5, 5.41) is 1.15. The molecule has 0 radical (unpaired) electrons. The molecule has 0 bridgehead atoms. The van der Waals surface area contributed by atoms with Crippen molar-refractivity contribution in [2.75, 3.05) is 6.54 Å². The summed E-state index contributed by atoms with van der Waals surface area (Å²) >= 11 is 0.834. The second-order valence-electron chi connectivity index (χ2n) is 6.14. The number of hydrogen-bond acceptors (Lipinski definition) is 7. The van der Waals surface area contributed by atoms with Gasteiger partial charge in [-0.25, -0.2) is 12.4 Å². The predicted molar refractivity (Wildman–Crippen MR) is 110 cm³/mol. The molecular formula is C19H23N3O4S2. The minimum Gasteiger partial charge on any atom is -0.326 e. The van der Waals surface area contributed by atoms with Gasteiger partial charge < -0.3 is 5.73 Å². The van der Waals surface area contributed by atoms with Gasteiger partial charge in [0.05, 0.1) is 22.5 Å². The molecule has 0 aliphatic carbocycles. The molecule has 1 aromatic heterocycles. The number of hydrogen-bond donors (Lipinski definition) is 2. The van der Waals surface area contributed by atoms with Crippen LogP contribution in [0.3, 0.4) is 0 Å². The summed E-state index contributed by atoms with van der Waals surface area (Å²) in [4.78, 5) is 5.13. The Kier molecular flexibility index (Phi) is 7.11. The molecule has 0 unspecified atom stereocenters. The van der Waals surface area contributed by atoms with Gasteiger partial charge in [0.1, 0.15) is 5.03 Å². The Morgan fingerprint density at radius 3 is 2.64 bits per heavy atom. The van der Waals surface area contributed by atoms with Crippen LogP contribution in [-0.4, -0.2) is 18.9 Å². The first-order valence-corrected chi connectivity index (χ1v) is 11.1. The SMILES string of the molecule is CCCCNOOSc1cc2ccc(CN)cc2n1S(=O)(=O)c1ccccc1. The van der Waals surface area contributed by atoms with Crippen LogP contribution in [0, 0.1) is 0 Å². The third-order valence-electron chi connectivity index (χ3n) is 4.15. The zero-order valence-electron chi connectivity index (χ0n) is 15.5. The third kappa shape index (κ3) is 4.57. The summed E-state index contributed by atoms with van der Waals surface area (Å²) in [6.45, 7) is 3.03. The molecule has 0 aliphatic rings. The minimum atomic E-state index is -3.83. The van der Waals surface area contributed by atoms with E-state index in [1.807, 2.05) is 12.1 Å². The first-order valence-electron chi connectivity index (χ1n) is 8.96. The fraction of sp³-hybridized carbons (Fsp3) is 0.263. The Bertz CT molecular complexity index is 1020. The molecule has 0 saturated carbocycles. The van der Waals surface area contributed by atoms with Gasteiger partial charge in [-0.3, -0.25) is 0 Å². The summed E-state index contributed by atoms with van der Waals surface area (Å²) in [6.07, 6.45) is 1.97. The highest BCUT2D eigenvalue weighted by atomic mass is 32.2. The van der Waals surface area contributed by atoms with Crippen molar-refractivity contribution in [2.24, 2.45) is 5.73 Å². The summed E-state index contributed by atoms with van der Waals surface area (Å²) < 4.78 is 33.0. The topological polar surface area (TPSA) is 95.6 Å². The fourth-order valence-corrected chi connectivity index (χ4v) is 4.99. The fourth-order valence-electron chi connectivity index (χ4n) is 2.69. The second kappa shape index (κ2) is 9.55. The molecule has 3 N–H and O–H groups in total. The lowest BCUT2D eigenvalue weighted by Gasteiger charge is -2.11. The Hall–Kier alpha value is -1.88. The van der Waals surface area contributed by atoms with E-state index >= 15 is 0 Å². The maximum atomic E-state index is 13.3. The van der Waals surface area contributed by atoms with Gasteiger partial charge in [-0.2, -0.15) is 5.48 Å². The molecule has 28 heavy (non-hydrogen) atoms. The van der Waals surface area contributed by atoms with E-state index in [2.05, 4.69) is 12.4 Å². The monoisotopic (exact) mass is 421 g/mol. The van der Waals surface area contributed by atoms with Crippen molar-refractivity contribution in [3.8, 4) is 0 Å². The summed E-state index contributed by atoms with van der Waals surface area (Å²) in [6, 6.07) is 15.5. The lowest BCUT2D eigenvalue weighted by molar-refractivity contribution is -0.244. The van der Waals surface area contributed by atoms with E-state index in [0.717, 1.165) is 35.8 Å². The number of aromatic nitrogens is 1. The van der Waals surface area contributed by atoms with Gasteiger partial charge in [0.15, 0.2) is 0 Å². The van der Waals surface area contributed by atoms with Crippen LogP contribution in [0.1, 0.15) is 25.3 Å². The Morgan fingerprint density at radius 2 is 1.93 bits per heavy atom. The van der Waals surface area contributed by atoms with Crippen LogP contribution in [0.2, 0.25) is 0 Å². The quantitative estimate of drug-likeness (QED) is 0.223. The molecule has 2 aromatic carbocycles. The molecular weight excluding hydrogens is 398 g/mol. The van der Waals surface area contributed by atoms with E-state index in [-0.39, 0.29) is 4.90 Å². The van der Waals surface area contributed by atoms with E-state index in [1.165, 1.54) is 3.97 Å². The van der Waals surface area contributed by atoms with E-state index in [4.69, 9.17) is 15.1 Å². The molecule has 0 spiro atoms. The highest BCUT2D eigenvalue weighted by molar-refractivity contribution is 7.96. The van der Waals surface area contributed by atoms with Gasteiger partial charge in [-0.1, -0.05) is 43.7 Å². The van der Waals surface area contributed by atoms with Gasteiger partial charge in [-0.05, 0) is 36.2 Å². The van der Waals surface area contributed by atoms with Crippen molar-refractivity contribution in [3.63, 3.8) is 0 Å². The van der Waals surface area contributed by atoms with Crippen LogP contribution in [0.4, 0.5) is 0 Å². The zero-order valence-corrected chi connectivity index (χ0v) is 17.1. The molecule has 0 saturated heterocycles. The van der Waals surface area contributed by atoms with Gasteiger partial charge in [0.2, 0.25) is 0 Å². The Labute approximate surface area is 169 Å². The van der Waals surface area contributed by atoms with Crippen molar-refractivity contribution in [2.45, 2.75) is 36.2 Å². The van der Waals surface area contributed by atoms with Crippen LogP contribution >= 0.6 is 12.0 Å². The van der Waals surface area contributed by atoms with Crippen molar-refractivity contribution in [1.82, 2.24) is 9.45 Å². The van der Waals surface area contributed by atoms with Crippen LogP contribution in [0.15, 0.2) is 64.5 Å². The number of fused-ring (bicyclic) bond motifs is 1. The van der Waals surface area contributed by atoms with E-state index in [0.29, 0.717) is 23.6 Å². The molecule has 150 valence electrons. The minimum absolute atomic E-state index is 0.189. The van der Waals surface area contributed by atoms with Crippen molar-refractivity contribution in [3.05, 3.63) is 60.2 Å². The van der Waals surface area contributed by atoms with Crippen LogP contribution in [-0.2, 0) is 25.9 Å². The third-order valence-corrected chi connectivity index (χ3v) is 6.62. The average molecular weight is 422 g/mol. The number of hydroxylamine groups is 1. The van der Waals surface area contributed by atoms with Gasteiger partial charge in [-0.15, -0.1) is 9.32 Å². The second-order valence-corrected chi connectivity index (χ2v) is 8.65. The highest BCUT2D eigenvalue weighted by Crippen LogP contribution is 2.32. The van der Waals surface area contributed by atoms with Crippen molar-refractivity contribution in [1.29, 1.82) is 0 Å². The summed E-state index contributed by atoms with van der Waals surface area (Å²) in [5.41, 5.74) is 9.80. The molecule has 9 heteroatoms. The largest absolute Gasteiger partial charge is 0.326 e. The van der Waals surface area contributed by atoms with Crippen LogP contribution < -0.4 is 11.2 Å². The molecule has 0 atom stereocenters. The molecule has 0 fully saturated rings. The number of nitrogens with one attached hydrogen (secondary N) is 1. The molecule has 1 heterocycles. The lowest BCUT2D eigenvalue weighted by Crippen LogP contribution is -2.16. The van der Waals surface area contributed by atoms with E-state index in [1.54, 1.807) is 42.5 Å². The standard InChI is InChI=1S/C19H23N3O4S2/c1-2-3-11-21-25-26-27-19-13-16-10-9-15(14-20)12-18(16)22(19)28(23,24)17-7-5-4-6-8-17/h4-10,12-13,21H,2-3,11,14,20H2,1H3. The van der Waals surface area contributed by atoms with Crippen LogP contribution in [0.5, 0.6) is 0 Å². The maximum absolute atomic E-state index is 13.3. The molecule has 3 aromatic rings. The highest BCUT2D eigenvalue weighted by Gasteiger charge is 2.24. The van der Waals surface area contributed by atoms with E-state index < -0.39 is 10.0 Å².